The van der Waals surface area contributed by atoms with Gasteiger partial charge in [0.05, 0.1) is 41.1 Å². The molecule has 0 radical (unpaired) electrons. The monoisotopic (exact) mass is 523 g/mol. The van der Waals surface area contributed by atoms with Crippen molar-refractivity contribution in [2.24, 2.45) is 17.3 Å². The van der Waals surface area contributed by atoms with Crippen molar-refractivity contribution in [1.29, 1.82) is 0 Å². The maximum Gasteiger partial charge on any atom is 0.309 e. The molecule has 2 aliphatic heterocycles. The number of aryl methyl sites for hydroxylation is 1. The SMILES string of the molecule is CC(=Cc1csc(C)[n+]1[O-])[C@H]1C[C@@H]2O[C@@]2(C)CCC[C@@H](C)[C@@H](O)[C@H](C)C(=O)C(C)(C)[C@H](O)CC(=O)O1. The van der Waals surface area contributed by atoms with Crippen LogP contribution in [0.4, 0.5) is 0 Å². The predicted octanol–water partition coefficient (Wildman–Crippen LogP) is 3.72. The number of cyclic esters (lactones) is 1. The standard InChI is InChI=1S/C27H41NO7S/c1-15-9-8-10-27(7)22(35-27)12-20(16(2)11-19-14-36-18(4)28(19)33)34-23(30)13-21(29)26(5,6)25(32)17(3)24(15)31/h11,14-15,17,20-22,24,29,31H,8-10,12-13H2,1-7H3/t15-,17+,20-,21-,22+,24-,27+/m1/s1. The van der Waals surface area contributed by atoms with Gasteiger partial charge in [-0.2, -0.15) is 4.73 Å². The number of hydrogen-bond donors (Lipinski definition) is 2. The average molecular weight is 524 g/mol. The number of rotatable bonds is 2. The first-order valence-electron chi connectivity index (χ1n) is 12.8. The van der Waals surface area contributed by atoms with Crippen molar-refractivity contribution >= 4 is 29.2 Å². The third kappa shape index (κ3) is 6.18. The van der Waals surface area contributed by atoms with Gasteiger partial charge in [-0.05, 0) is 38.2 Å². The Morgan fingerprint density at radius 1 is 1.25 bits per heavy atom. The lowest BCUT2D eigenvalue weighted by atomic mass is 9.73. The number of hydrogen-bond acceptors (Lipinski definition) is 8. The summed E-state index contributed by atoms with van der Waals surface area (Å²) in [6.07, 6.45) is 1.29. The van der Waals surface area contributed by atoms with Gasteiger partial charge in [0, 0.05) is 25.3 Å². The minimum absolute atomic E-state index is 0.0960. The molecule has 2 saturated heterocycles. The molecule has 202 valence electrons. The van der Waals surface area contributed by atoms with Crippen molar-refractivity contribution in [2.75, 3.05) is 0 Å². The Morgan fingerprint density at radius 2 is 1.92 bits per heavy atom. The molecule has 8 nitrogen and oxygen atoms in total. The van der Waals surface area contributed by atoms with Gasteiger partial charge < -0.3 is 24.9 Å². The zero-order chi connectivity index (χ0) is 27.0. The zero-order valence-electron chi connectivity index (χ0n) is 22.4. The van der Waals surface area contributed by atoms with E-state index in [4.69, 9.17) is 9.47 Å². The van der Waals surface area contributed by atoms with Gasteiger partial charge in [-0.3, -0.25) is 9.59 Å². The summed E-state index contributed by atoms with van der Waals surface area (Å²) >= 11 is 1.35. The summed E-state index contributed by atoms with van der Waals surface area (Å²) in [5, 5.41) is 36.4. The van der Waals surface area contributed by atoms with E-state index < -0.39 is 35.6 Å². The fourth-order valence-corrected chi connectivity index (χ4v) is 5.79. The molecule has 0 aliphatic carbocycles. The molecule has 0 saturated carbocycles. The van der Waals surface area contributed by atoms with Gasteiger partial charge in [0.25, 0.3) is 0 Å². The van der Waals surface area contributed by atoms with Gasteiger partial charge >= 0.3 is 5.97 Å². The number of nitrogens with zero attached hydrogens (tertiary/aromatic N) is 1. The van der Waals surface area contributed by atoms with Crippen LogP contribution in [0.1, 0.15) is 84.3 Å². The molecule has 0 unspecified atom stereocenters. The Labute approximate surface area is 217 Å². The van der Waals surface area contributed by atoms with Crippen LogP contribution in [0, 0.1) is 29.4 Å². The topological polar surface area (TPSA) is 123 Å². The molecule has 36 heavy (non-hydrogen) atoms. The Morgan fingerprint density at radius 3 is 2.53 bits per heavy atom. The first kappa shape index (κ1) is 28.8. The lowest BCUT2D eigenvalue weighted by Gasteiger charge is -2.34. The second kappa shape index (κ2) is 10.9. The number of carbonyl (C=O) groups excluding carboxylic acids is 2. The van der Waals surface area contributed by atoms with E-state index in [1.165, 1.54) is 11.3 Å². The molecule has 2 N–H and O–H groups in total. The molecule has 7 atom stereocenters. The van der Waals surface area contributed by atoms with E-state index in [1.54, 1.807) is 39.2 Å². The molecule has 3 rings (SSSR count). The molecular formula is C27H41NO7S. The van der Waals surface area contributed by atoms with E-state index in [1.807, 2.05) is 20.8 Å². The van der Waals surface area contributed by atoms with Crippen molar-refractivity contribution in [2.45, 2.75) is 111 Å². The van der Waals surface area contributed by atoms with Gasteiger partial charge in [0.2, 0.25) is 10.7 Å². The van der Waals surface area contributed by atoms with Crippen LogP contribution in [-0.4, -0.2) is 52.0 Å². The highest BCUT2D eigenvalue weighted by Crippen LogP contribution is 2.45. The average Bonchev–Trinajstić information content (AvgIpc) is 3.34. The number of ketones is 1. The Bertz CT molecular complexity index is 1000. The summed E-state index contributed by atoms with van der Waals surface area (Å²) in [6.45, 7) is 12.4. The second-order valence-electron chi connectivity index (χ2n) is 11.5. The lowest BCUT2D eigenvalue weighted by molar-refractivity contribution is -0.608. The number of epoxide rings is 1. The first-order chi connectivity index (χ1) is 16.7. The third-order valence-electron chi connectivity index (χ3n) is 8.16. The number of Topliss-reactive ketones (excluding diaryl/α,β-unsaturated/α-hetero) is 1. The molecule has 3 heterocycles. The number of fused-ring (bicyclic) bond motifs is 1. The maximum atomic E-state index is 13.2. The summed E-state index contributed by atoms with van der Waals surface area (Å²) in [5.41, 5.74) is -0.407. The highest BCUT2D eigenvalue weighted by atomic mass is 32.1. The summed E-state index contributed by atoms with van der Waals surface area (Å²) in [6, 6.07) is 0. The van der Waals surface area contributed by atoms with Crippen molar-refractivity contribution in [1.82, 2.24) is 0 Å². The van der Waals surface area contributed by atoms with Crippen molar-refractivity contribution in [3.05, 3.63) is 26.9 Å². The Kier molecular flexibility index (Phi) is 8.70. The van der Waals surface area contributed by atoms with E-state index in [9.17, 15) is 25.0 Å². The van der Waals surface area contributed by atoms with Crippen LogP contribution in [0.25, 0.3) is 6.08 Å². The molecule has 0 spiro atoms. The van der Waals surface area contributed by atoms with E-state index in [0.717, 1.165) is 24.0 Å². The number of carbonyl (C=O) groups is 2. The fourth-order valence-electron chi connectivity index (χ4n) is 5.14. The van der Waals surface area contributed by atoms with Gasteiger partial charge in [-0.15, -0.1) is 0 Å². The molecule has 2 fully saturated rings. The van der Waals surface area contributed by atoms with Crippen LogP contribution < -0.4 is 4.73 Å². The molecule has 1 aromatic rings. The van der Waals surface area contributed by atoms with Crippen LogP contribution in [0.5, 0.6) is 0 Å². The quantitative estimate of drug-likeness (QED) is 0.262. The number of esters is 1. The number of aromatic nitrogens is 1. The lowest BCUT2D eigenvalue weighted by Crippen LogP contribution is -2.45. The molecule has 0 amide bonds. The largest absolute Gasteiger partial charge is 0.617 e. The number of aliphatic hydroxyl groups is 2. The normalized spacial score (nSPS) is 36.8. The fraction of sp³-hybridized carbons (Fsp3) is 0.741. The molecule has 1 aromatic heterocycles. The first-order valence-corrected chi connectivity index (χ1v) is 13.7. The zero-order valence-corrected chi connectivity index (χ0v) is 23.3. The summed E-state index contributed by atoms with van der Waals surface area (Å²) in [5.74, 6) is -1.69. The number of ether oxygens (including phenoxy) is 2. The minimum Gasteiger partial charge on any atom is -0.617 e. The third-order valence-corrected chi connectivity index (χ3v) is 9.03. The van der Waals surface area contributed by atoms with Crippen LogP contribution in [0.3, 0.4) is 0 Å². The van der Waals surface area contributed by atoms with E-state index in [0.29, 0.717) is 22.7 Å². The van der Waals surface area contributed by atoms with E-state index >= 15 is 0 Å². The Hall–Kier alpha value is -1.81. The summed E-state index contributed by atoms with van der Waals surface area (Å²) in [7, 11) is 0. The highest BCUT2D eigenvalue weighted by Gasteiger charge is 2.53. The summed E-state index contributed by atoms with van der Waals surface area (Å²) < 4.78 is 12.7. The second-order valence-corrected chi connectivity index (χ2v) is 12.5. The Balaban J connectivity index is 1.88. The van der Waals surface area contributed by atoms with Gasteiger partial charge in [-0.25, -0.2) is 0 Å². The van der Waals surface area contributed by atoms with E-state index in [-0.39, 0.29) is 29.8 Å². The maximum absolute atomic E-state index is 13.2. The molecule has 9 heteroatoms. The molecule has 2 aliphatic rings. The minimum atomic E-state index is -1.27. The van der Waals surface area contributed by atoms with Crippen LogP contribution in [-0.2, 0) is 19.1 Å². The number of thiazole rings is 1. The number of aliphatic hydroxyl groups excluding tert-OH is 2. The van der Waals surface area contributed by atoms with E-state index in [2.05, 4.69) is 0 Å². The molecule has 0 bridgehead atoms. The van der Waals surface area contributed by atoms with Crippen molar-refractivity contribution in [3.8, 4) is 0 Å². The van der Waals surface area contributed by atoms with Crippen LogP contribution in [0.2, 0.25) is 0 Å². The highest BCUT2D eigenvalue weighted by molar-refractivity contribution is 7.09. The summed E-state index contributed by atoms with van der Waals surface area (Å²) in [4.78, 5) is 26.2. The van der Waals surface area contributed by atoms with Crippen molar-refractivity contribution < 1.29 is 34.0 Å². The molecular weight excluding hydrogens is 482 g/mol. The smallest absolute Gasteiger partial charge is 0.309 e. The van der Waals surface area contributed by atoms with Crippen LogP contribution in [0.15, 0.2) is 11.0 Å². The van der Waals surface area contributed by atoms with Gasteiger partial charge in [0.1, 0.15) is 11.9 Å². The van der Waals surface area contributed by atoms with Crippen molar-refractivity contribution in [3.63, 3.8) is 0 Å². The molecule has 0 aromatic carbocycles. The van der Waals surface area contributed by atoms with Crippen LogP contribution >= 0.6 is 11.3 Å². The van der Waals surface area contributed by atoms with Gasteiger partial charge in [0.15, 0.2) is 0 Å². The van der Waals surface area contributed by atoms with Gasteiger partial charge in [-0.1, -0.05) is 45.5 Å². The predicted molar refractivity (Wildman–Crippen MR) is 137 cm³/mol.